The van der Waals surface area contributed by atoms with Crippen molar-refractivity contribution in [3.8, 4) is 0 Å². The summed E-state index contributed by atoms with van der Waals surface area (Å²) in [4.78, 5) is 36.2. The van der Waals surface area contributed by atoms with Crippen molar-refractivity contribution < 1.29 is 24.6 Å². The molecule has 1 aromatic heterocycles. The van der Waals surface area contributed by atoms with Crippen molar-refractivity contribution in [2.75, 3.05) is 13.1 Å². The van der Waals surface area contributed by atoms with Crippen LogP contribution in [0.3, 0.4) is 0 Å². The van der Waals surface area contributed by atoms with Gasteiger partial charge in [0.25, 0.3) is 5.91 Å². The molecule has 0 spiro atoms. The molecule has 1 aliphatic rings. The number of carboxylic acids is 2. The molecule has 0 saturated carbocycles. The number of likely N-dealkylation sites (tertiary alicyclic amines) is 1. The number of hydrogen-bond acceptors (Lipinski definition) is 4. The molecule has 0 aliphatic carbocycles. The summed E-state index contributed by atoms with van der Waals surface area (Å²) in [6.07, 6.45) is 0.126. The molecule has 108 valence electrons. The van der Waals surface area contributed by atoms with Crippen molar-refractivity contribution >= 4 is 40.8 Å². The molecule has 1 fully saturated rings. The van der Waals surface area contributed by atoms with Gasteiger partial charge in [-0.15, -0.1) is 11.3 Å². The zero-order valence-corrected chi connectivity index (χ0v) is 11.9. The number of carbonyl (C=O) groups is 3. The Morgan fingerprint density at radius 3 is 2.40 bits per heavy atom. The Morgan fingerprint density at radius 2 is 1.90 bits per heavy atom. The maximum Gasteiger partial charge on any atom is 0.309 e. The van der Waals surface area contributed by atoms with Crippen molar-refractivity contribution in [3.05, 3.63) is 21.3 Å². The number of hydrogen-bond donors (Lipinski definition) is 2. The number of halogens is 1. The molecular formula is C12H12ClNO5S. The molecule has 0 aromatic carbocycles. The third-order valence-corrected chi connectivity index (χ3v) is 4.68. The summed E-state index contributed by atoms with van der Waals surface area (Å²) in [5.41, 5.74) is 0. The Hall–Kier alpha value is -1.60. The maximum absolute atomic E-state index is 12.2. The van der Waals surface area contributed by atoms with E-state index in [2.05, 4.69) is 0 Å². The molecular weight excluding hydrogens is 306 g/mol. The van der Waals surface area contributed by atoms with Gasteiger partial charge < -0.3 is 15.1 Å². The second-order valence-electron chi connectivity index (χ2n) is 4.53. The summed E-state index contributed by atoms with van der Waals surface area (Å²) < 4.78 is 0. The van der Waals surface area contributed by atoms with Gasteiger partial charge in [-0.1, -0.05) is 11.6 Å². The van der Waals surface area contributed by atoms with Crippen LogP contribution in [-0.4, -0.2) is 46.0 Å². The predicted molar refractivity (Wildman–Crippen MR) is 72.1 cm³/mol. The molecule has 2 heterocycles. The Labute approximate surface area is 123 Å². The first kappa shape index (κ1) is 14.8. The number of piperidine rings is 1. The van der Waals surface area contributed by atoms with E-state index in [4.69, 9.17) is 21.8 Å². The van der Waals surface area contributed by atoms with Gasteiger partial charge in [0.15, 0.2) is 0 Å². The van der Waals surface area contributed by atoms with Crippen LogP contribution in [0.5, 0.6) is 0 Å². The van der Waals surface area contributed by atoms with Crippen LogP contribution in [0.15, 0.2) is 11.4 Å². The van der Waals surface area contributed by atoms with Gasteiger partial charge in [0.05, 0.1) is 16.9 Å². The normalized spacial score (nSPS) is 22.6. The molecule has 8 heteroatoms. The first-order valence-corrected chi connectivity index (χ1v) is 7.15. The molecule has 2 unspecified atom stereocenters. The minimum atomic E-state index is -1.20. The number of rotatable bonds is 3. The summed E-state index contributed by atoms with van der Waals surface area (Å²) in [7, 11) is 0. The van der Waals surface area contributed by atoms with Crippen molar-refractivity contribution in [2.24, 2.45) is 11.8 Å². The van der Waals surface area contributed by atoms with Gasteiger partial charge in [-0.25, -0.2) is 0 Å². The van der Waals surface area contributed by atoms with Crippen LogP contribution in [0, 0.1) is 11.8 Å². The van der Waals surface area contributed by atoms with E-state index in [9.17, 15) is 14.4 Å². The quantitative estimate of drug-likeness (QED) is 0.884. The summed E-state index contributed by atoms with van der Waals surface area (Å²) in [6, 6.07) is 1.60. The molecule has 2 rings (SSSR count). The van der Waals surface area contributed by atoms with E-state index < -0.39 is 23.8 Å². The van der Waals surface area contributed by atoms with Gasteiger partial charge in [0, 0.05) is 13.1 Å². The van der Waals surface area contributed by atoms with Gasteiger partial charge >= 0.3 is 11.9 Å². The monoisotopic (exact) mass is 317 g/mol. The second-order valence-corrected chi connectivity index (χ2v) is 5.85. The molecule has 0 radical (unpaired) electrons. The molecule has 20 heavy (non-hydrogen) atoms. The van der Waals surface area contributed by atoms with Crippen LogP contribution in [0.2, 0.25) is 5.02 Å². The fraction of sp³-hybridized carbons (Fsp3) is 0.417. The Kier molecular flexibility index (Phi) is 4.29. The third-order valence-electron chi connectivity index (χ3n) is 3.35. The molecule has 2 N–H and O–H groups in total. The van der Waals surface area contributed by atoms with Crippen LogP contribution in [0.25, 0.3) is 0 Å². The number of thiophene rings is 1. The largest absolute Gasteiger partial charge is 0.481 e. The summed E-state index contributed by atoms with van der Waals surface area (Å²) in [5, 5.41) is 20.1. The van der Waals surface area contributed by atoms with Crippen molar-refractivity contribution in [2.45, 2.75) is 6.42 Å². The van der Waals surface area contributed by atoms with E-state index in [0.717, 1.165) is 0 Å². The number of aliphatic carboxylic acids is 2. The first-order valence-electron chi connectivity index (χ1n) is 5.89. The lowest BCUT2D eigenvalue weighted by atomic mass is 9.85. The highest BCUT2D eigenvalue weighted by atomic mass is 35.5. The van der Waals surface area contributed by atoms with Crippen molar-refractivity contribution in [1.29, 1.82) is 0 Å². The van der Waals surface area contributed by atoms with E-state index in [-0.39, 0.29) is 25.4 Å². The summed E-state index contributed by atoms with van der Waals surface area (Å²) >= 11 is 7.07. The van der Waals surface area contributed by atoms with Crippen LogP contribution in [0.4, 0.5) is 0 Å². The van der Waals surface area contributed by atoms with Crippen LogP contribution in [0.1, 0.15) is 16.1 Å². The van der Waals surface area contributed by atoms with Gasteiger partial charge in [0.2, 0.25) is 0 Å². The van der Waals surface area contributed by atoms with Crippen molar-refractivity contribution in [3.63, 3.8) is 0 Å². The topological polar surface area (TPSA) is 94.9 Å². The maximum atomic E-state index is 12.2. The lowest BCUT2D eigenvalue weighted by Gasteiger charge is -2.34. The van der Waals surface area contributed by atoms with Crippen molar-refractivity contribution in [1.82, 2.24) is 4.90 Å². The van der Waals surface area contributed by atoms with Gasteiger partial charge in [0.1, 0.15) is 4.88 Å². The minimum absolute atomic E-state index is 0.112. The van der Waals surface area contributed by atoms with Crippen LogP contribution in [-0.2, 0) is 9.59 Å². The number of carbonyl (C=O) groups excluding carboxylic acids is 1. The standard InChI is InChI=1S/C12H12ClNO5S/c13-8-2-4-20-9(8)10(15)14-3-1-6(11(16)17)7(5-14)12(18)19/h2,4,6-7H,1,3,5H2,(H,16,17)(H,18,19). The highest BCUT2D eigenvalue weighted by Gasteiger charge is 2.40. The second kappa shape index (κ2) is 5.80. The van der Waals surface area contributed by atoms with E-state index in [0.29, 0.717) is 9.90 Å². The molecule has 2 atom stereocenters. The van der Waals surface area contributed by atoms with E-state index in [1.54, 1.807) is 11.4 Å². The molecule has 1 aromatic rings. The number of amides is 1. The fourth-order valence-electron chi connectivity index (χ4n) is 2.27. The third kappa shape index (κ3) is 2.78. The average molecular weight is 318 g/mol. The van der Waals surface area contributed by atoms with Gasteiger partial charge in [-0.2, -0.15) is 0 Å². The number of nitrogens with zero attached hydrogens (tertiary/aromatic N) is 1. The first-order chi connectivity index (χ1) is 9.41. The summed E-state index contributed by atoms with van der Waals surface area (Å²) in [6.45, 7) is 0.104. The van der Waals surface area contributed by atoms with Gasteiger partial charge in [-0.05, 0) is 17.9 Å². The highest BCUT2D eigenvalue weighted by molar-refractivity contribution is 7.12. The fourth-order valence-corrected chi connectivity index (χ4v) is 3.38. The smallest absolute Gasteiger partial charge is 0.309 e. The molecule has 0 bridgehead atoms. The Bertz CT molecular complexity index is 558. The lowest BCUT2D eigenvalue weighted by Crippen LogP contribution is -2.48. The Morgan fingerprint density at radius 1 is 1.25 bits per heavy atom. The van der Waals surface area contributed by atoms with Crippen LogP contribution >= 0.6 is 22.9 Å². The minimum Gasteiger partial charge on any atom is -0.481 e. The van der Waals surface area contributed by atoms with E-state index >= 15 is 0 Å². The Balaban J connectivity index is 2.17. The van der Waals surface area contributed by atoms with Crippen LogP contribution < -0.4 is 0 Å². The number of carboxylic acid groups (broad SMARTS) is 2. The van der Waals surface area contributed by atoms with Gasteiger partial charge in [-0.3, -0.25) is 14.4 Å². The zero-order valence-electron chi connectivity index (χ0n) is 10.3. The average Bonchev–Trinajstić information content (AvgIpc) is 2.83. The molecule has 1 aliphatic heterocycles. The predicted octanol–water partition coefficient (Wildman–Crippen LogP) is 1.65. The highest BCUT2D eigenvalue weighted by Crippen LogP contribution is 2.29. The molecule has 6 nitrogen and oxygen atoms in total. The van der Waals surface area contributed by atoms with E-state index in [1.807, 2.05) is 0 Å². The molecule has 1 amide bonds. The van der Waals surface area contributed by atoms with E-state index in [1.165, 1.54) is 16.2 Å². The SMILES string of the molecule is O=C(O)C1CCN(C(=O)c2sccc2Cl)CC1C(=O)O. The summed E-state index contributed by atoms with van der Waals surface area (Å²) in [5.74, 6) is -4.75. The molecule has 1 saturated heterocycles. The lowest BCUT2D eigenvalue weighted by molar-refractivity contribution is -0.156. The zero-order chi connectivity index (χ0) is 14.9.